The highest BCUT2D eigenvalue weighted by atomic mass is 16.6. The first-order chi connectivity index (χ1) is 14.9. The van der Waals surface area contributed by atoms with Gasteiger partial charge in [-0.3, -0.25) is 4.90 Å². The first-order valence-electron chi connectivity index (χ1n) is 10.9. The van der Waals surface area contributed by atoms with Crippen LogP contribution in [0.15, 0.2) is 60.7 Å². The maximum Gasteiger partial charge on any atom is 0.413 e. The van der Waals surface area contributed by atoms with E-state index in [1.807, 2.05) is 37.3 Å². The summed E-state index contributed by atoms with van der Waals surface area (Å²) in [6, 6.07) is 20.2. The molecular weight excluding hydrogens is 386 g/mol. The largest absolute Gasteiger partial charge is 0.413 e. The zero-order valence-electron chi connectivity index (χ0n) is 18.6. The number of hydrogen-bond acceptors (Lipinski definition) is 4. The number of nitrogens with one attached hydrogen (secondary N) is 1. The molecule has 1 amide bonds. The Morgan fingerprint density at radius 2 is 1.90 bits per heavy atom. The van der Waals surface area contributed by atoms with Gasteiger partial charge in [0.2, 0.25) is 0 Å². The molecule has 0 bridgehead atoms. The number of benzene rings is 3. The Labute approximate surface area is 183 Å². The lowest BCUT2D eigenvalue weighted by Crippen LogP contribution is -2.45. The first kappa shape index (κ1) is 19.9. The summed E-state index contributed by atoms with van der Waals surface area (Å²) in [7, 11) is 4.33. The molecule has 2 aliphatic rings. The van der Waals surface area contributed by atoms with Crippen LogP contribution in [-0.4, -0.2) is 37.8 Å². The van der Waals surface area contributed by atoms with Crippen LogP contribution in [0.4, 0.5) is 10.5 Å². The summed E-state index contributed by atoms with van der Waals surface area (Å²) < 4.78 is 5.72. The van der Waals surface area contributed by atoms with E-state index in [0.717, 1.165) is 29.3 Å². The second-order valence-corrected chi connectivity index (χ2v) is 9.14. The highest BCUT2D eigenvalue weighted by molar-refractivity contribution is 5.86. The van der Waals surface area contributed by atoms with Gasteiger partial charge < -0.3 is 15.0 Å². The number of anilines is 1. The van der Waals surface area contributed by atoms with Crippen LogP contribution >= 0.6 is 0 Å². The third-order valence-electron chi connectivity index (χ3n) is 7.14. The van der Waals surface area contributed by atoms with Gasteiger partial charge in [-0.05, 0) is 60.5 Å². The number of ether oxygens (including phenoxy) is 1. The van der Waals surface area contributed by atoms with Gasteiger partial charge in [0.15, 0.2) is 0 Å². The number of amides is 1. The quantitative estimate of drug-likeness (QED) is 0.650. The van der Waals surface area contributed by atoms with E-state index in [-0.39, 0.29) is 11.5 Å². The number of fused-ring (bicyclic) bond motifs is 4. The molecule has 3 aromatic rings. The number of carbonyl (C=O) groups excluding carboxylic acids is 1. The molecule has 3 atom stereocenters. The fourth-order valence-electron chi connectivity index (χ4n) is 5.64. The van der Waals surface area contributed by atoms with Crippen molar-refractivity contribution in [1.29, 1.82) is 0 Å². The normalized spacial score (nSPS) is 23.5. The average Bonchev–Trinajstić information content (AvgIpc) is 3.18. The Balaban J connectivity index is 1.35. The predicted molar refractivity (Wildman–Crippen MR) is 125 cm³/mol. The van der Waals surface area contributed by atoms with Gasteiger partial charge in [-0.25, -0.2) is 4.79 Å². The van der Waals surface area contributed by atoms with E-state index in [2.05, 4.69) is 66.5 Å². The third-order valence-corrected chi connectivity index (χ3v) is 7.14. The second-order valence-electron chi connectivity index (χ2n) is 9.14. The van der Waals surface area contributed by atoms with Crippen molar-refractivity contribution in [2.24, 2.45) is 0 Å². The standard InChI is InChI=1S/C26H29N3O2/c1-17(20-11-7-9-18-8-5-6-10-21(18)20)27-25(30)31-19-12-13-23-22(16-19)26(2)14-15-28(3)24(26)29(23)4/h5-13,16-17,24H,14-15H2,1-4H3,(H,27,30)/t17-,24-,26+/m1/s1. The highest BCUT2D eigenvalue weighted by Crippen LogP contribution is 2.51. The molecule has 0 radical (unpaired) electrons. The van der Waals surface area contributed by atoms with Crippen LogP contribution in [0.3, 0.4) is 0 Å². The molecule has 2 aliphatic heterocycles. The van der Waals surface area contributed by atoms with Crippen molar-refractivity contribution in [3.63, 3.8) is 0 Å². The molecule has 31 heavy (non-hydrogen) atoms. The molecule has 0 unspecified atom stereocenters. The van der Waals surface area contributed by atoms with Gasteiger partial charge in [-0.15, -0.1) is 0 Å². The second kappa shape index (κ2) is 7.27. The van der Waals surface area contributed by atoms with Gasteiger partial charge in [-0.1, -0.05) is 49.4 Å². The molecule has 1 fully saturated rings. The maximum absolute atomic E-state index is 12.7. The molecule has 1 saturated heterocycles. The molecule has 0 aromatic heterocycles. The number of likely N-dealkylation sites (tertiary alicyclic amines) is 1. The minimum absolute atomic E-state index is 0.0466. The minimum Gasteiger partial charge on any atom is -0.410 e. The van der Waals surface area contributed by atoms with E-state index in [1.165, 1.54) is 11.3 Å². The Morgan fingerprint density at radius 1 is 1.13 bits per heavy atom. The topological polar surface area (TPSA) is 44.8 Å². The number of carbonyl (C=O) groups is 1. The van der Waals surface area contributed by atoms with E-state index in [0.29, 0.717) is 11.9 Å². The summed E-state index contributed by atoms with van der Waals surface area (Å²) in [5.74, 6) is 0.589. The van der Waals surface area contributed by atoms with Crippen LogP contribution in [0.25, 0.3) is 10.8 Å². The van der Waals surface area contributed by atoms with Crippen LogP contribution in [0, 0.1) is 0 Å². The molecule has 160 valence electrons. The summed E-state index contributed by atoms with van der Waals surface area (Å²) in [5.41, 5.74) is 3.60. The van der Waals surface area contributed by atoms with Crippen molar-refractivity contribution >= 4 is 22.6 Å². The summed E-state index contributed by atoms with van der Waals surface area (Å²) in [6.45, 7) is 5.37. The van der Waals surface area contributed by atoms with Crippen molar-refractivity contribution in [2.75, 3.05) is 25.5 Å². The zero-order chi connectivity index (χ0) is 21.8. The van der Waals surface area contributed by atoms with Crippen LogP contribution in [0.2, 0.25) is 0 Å². The fourth-order valence-corrected chi connectivity index (χ4v) is 5.64. The molecule has 5 rings (SSSR count). The zero-order valence-corrected chi connectivity index (χ0v) is 18.6. The average molecular weight is 416 g/mol. The highest BCUT2D eigenvalue weighted by Gasteiger charge is 2.52. The maximum atomic E-state index is 12.7. The number of nitrogens with zero attached hydrogens (tertiary/aromatic N) is 2. The summed E-state index contributed by atoms with van der Waals surface area (Å²) in [5, 5.41) is 5.30. The Bertz CT molecular complexity index is 1160. The van der Waals surface area contributed by atoms with Crippen LogP contribution < -0.4 is 15.0 Å². The number of hydrogen-bond donors (Lipinski definition) is 1. The molecule has 0 aliphatic carbocycles. The van der Waals surface area contributed by atoms with Gasteiger partial charge in [0.1, 0.15) is 5.75 Å². The van der Waals surface area contributed by atoms with Gasteiger partial charge in [0.05, 0.1) is 12.2 Å². The molecule has 0 saturated carbocycles. The van der Waals surface area contributed by atoms with E-state index < -0.39 is 6.09 Å². The van der Waals surface area contributed by atoms with Crippen molar-refractivity contribution in [1.82, 2.24) is 10.2 Å². The molecule has 2 heterocycles. The molecule has 5 heteroatoms. The van der Waals surface area contributed by atoms with Crippen LogP contribution in [0.5, 0.6) is 5.75 Å². The smallest absolute Gasteiger partial charge is 0.410 e. The van der Waals surface area contributed by atoms with Crippen LogP contribution in [0.1, 0.15) is 37.4 Å². The van der Waals surface area contributed by atoms with Gasteiger partial charge >= 0.3 is 6.09 Å². The van der Waals surface area contributed by atoms with Crippen molar-refractivity contribution in [3.8, 4) is 5.75 Å². The fraction of sp³-hybridized carbons (Fsp3) is 0.346. The third kappa shape index (κ3) is 3.15. The number of rotatable bonds is 3. The molecule has 5 nitrogen and oxygen atoms in total. The van der Waals surface area contributed by atoms with E-state index in [1.54, 1.807) is 0 Å². The summed E-state index contributed by atoms with van der Waals surface area (Å²) in [4.78, 5) is 17.4. The van der Waals surface area contributed by atoms with Crippen molar-refractivity contribution in [2.45, 2.75) is 37.9 Å². The van der Waals surface area contributed by atoms with Gasteiger partial charge in [0, 0.05) is 24.7 Å². The Kier molecular flexibility index (Phi) is 4.67. The number of likely N-dealkylation sites (N-methyl/N-ethyl adjacent to an activating group) is 2. The van der Waals surface area contributed by atoms with Crippen molar-refractivity contribution < 1.29 is 9.53 Å². The minimum atomic E-state index is -0.433. The monoisotopic (exact) mass is 415 g/mol. The van der Waals surface area contributed by atoms with Gasteiger partial charge in [0.25, 0.3) is 0 Å². The van der Waals surface area contributed by atoms with Crippen LogP contribution in [-0.2, 0) is 5.41 Å². The SMILES string of the molecule is C[C@@H](NC(=O)Oc1ccc2c(c1)[C@]1(C)CCN(C)[C@@H]1N2C)c1cccc2ccccc12. The first-order valence-corrected chi connectivity index (χ1v) is 10.9. The lowest BCUT2D eigenvalue weighted by molar-refractivity contribution is 0.197. The van der Waals surface area contributed by atoms with Gasteiger partial charge in [-0.2, -0.15) is 0 Å². The van der Waals surface area contributed by atoms with E-state index in [4.69, 9.17) is 4.74 Å². The van der Waals surface area contributed by atoms with Crippen molar-refractivity contribution in [3.05, 3.63) is 71.8 Å². The molecule has 1 N–H and O–H groups in total. The lowest BCUT2D eigenvalue weighted by atomic mass is 9.81. The van der Waals surface area contributed by atoms with E-state index in [9.17, 15) is 4.79 Å². The molecule has 3 aromatic carbocycles. The predicted octanol–water partition coefficient (Wildman–Crippen LogP) is 5.06. The lowest BCUT2D eigenvalue weighted by Gasteiger charge is -2.32. The van der Waals surface area contributed by atoms with E-state index >= 15 is 0 Å². The molecular formula is C26H29N3O2. The summed E-state index contributed by atoms with van der Waals surface area (Å²) >= 11 is 0. The molecule has 0 spiro atoms. The summed E-state index contributed by atoms with van der Waals surface area (Å²) in [6.07, 6.45) is 1.01. The Morgan fingerprint density at radius 3 is 2.74 bits per heavy atom. The Hall–Kier alpha value is -3.05.